The molecule has 0 amide bonds. The number of aryl methyl sites for hydroxylation is 1. The molecule has 1 aromatic rings. The molecule has 1 heterocycles. The standard InChI is InChI=1S/C13H18N2OS/c1-9-4-5-11(13(14)17)12(7-9)15-8-10-3-2-6-16-10/h4-5,7,10,15H,2-3,6,8H2,1H3,(H2,14,17). The maximum absolute atomic E-state index is 5.71. The van der Waals surface area contributed by atoms with Crippen LogP contribution in [0, 0.1) is 6.92 Å². The summed E-state index contributed by atoms with van der Waals surface area (Å²) >= 11 is 5.05. The van der Waals surface area contributed by atoms with Gasteiger partial charge in [0.25, 0.3) is 0 Å². The van der Waals surface area contributed by atoms with E-state index in [1.165, 1.54) is 5.56 Å². The molecular formula is C13H18N2OS. The van der Waals surface area contributed by atoms with Crippen LogP contribution in [0.15, 0.2) is 18.2 Å². The Labute approximate surface area is 107 Å². The van der Waals surface area contributed by atoms with Crippen molar-refractivity contribution >= 4 is 22.9 Å². The maximum atomic E-state index is 5.71. The van der Waals surface area contributed by atoms with Crippen molar-refractivity contribution in [3.8, 4) is 0 Å². The van der Waals surface area contributed by atoms with E-state index in [4.69, 9.17) is 22.7 Å². The third-order valence-electron chi connectivity index (χ3n) is 2.98. The van der Waals surface area contributed by atoms with Crippen molar-refractivity contribution in [3.05, 3.63) is 29.3 Å². The second kappa shape index (κ2) is 5.47. The van der Waals surface area contributed by atoms with Gasteiger partial charge in [-0.1, -0.05) is 18.3 Å². The number of hydrogen-bond acceptors (Lipinski definition) is 3. The molecule has 1 fully saturated rings. The van der Waals surface area contributed by atoms with Gasteiger partial charge in [-0.05, 0) is 37.5 Å². The second-order valence-corrected chi connectivity index (χ2v) is 4.87. The third-order valence-corrected chi connectivity index (χ3v) is 3.20. The molecule has 2 rings (SSSR count). The monoisotopic (exact) mass is 250 g/mol. The van der Waals surface area contributed by atoms with E-state index in [9.17, 15) is 0 Å². The van der Waals surface area contributed by atoms with E-state index < -0.39 is 0 Å². The van der Waals surface area contributed by atoms with Crippen LogP contribution in [0.1, 0.15) is 24.0 Å². The van der Waals surface area contributed by atoms with Gasteiger partial charge in [0.05, 0.1) is 6.10 Å². The van der Waals surface area contributed by atoms with Gasteiger partial charge < -0.3 is 15.8 Å². The summed E-state index contributed by atoms with van der Waals surface area (Å²) in [6.07, 6.45) is 2.60. The molecular weight excluding hydrogens is 232 g/mol. The molecule has 3 nitrogen and oxygen atoms in total. The van der Waals surface area contributed by atoms with E-state index >= 15 is 0 Å². The molecule has 1 unspecified atom stereocenters. The SMILES string of the molecule is Cc1ccc(C(N)=S)c(NCC2CCCO2)c1. The number of thiocarbonyl (C=S) groups is 1. The minimum absolute atomic E-state index is 0.315. The fraction of sp³-hybridized carbons (Fsp3) is 0.462. The molecule has 0 saturated carbocycles. The summed E-state index contributed by atoms with van der Waals surface area (Å²) < 4.78 is 5.58. The van der Waals surface area contributed by atoms with Crippen LogP contribution in [-0.2, 0) is 4.74 Å². The topological polar surface area (TPSA) is 47.3 Å². The van der Waals surface area contributed by atoms with Crippen LogP contribution >= 0.6 is 12.2 Å². The van der Waals surface area contributed by atoms with Gasteiger partial charge in [-0.2, -0.15) is 0 Å². The molecule has 0 bridgehead atoms. The van der Waals surface area contributed by atoms with Crippen molar-refractivity contribution in [2.75, 3.05) is 18.5 Å². The highest BCUT2D eigenvalue weighted by molar-refractivity contribution is 7.80. The molecule has 0 radical (unpaired) electrons. The van der Waals surface area contributed by atoms with E-state index in [2.05, 4.69) is 18.3 Å². The van der Waals surface area contributed by atoms with Crippen molar-refractivity contribution in [1.29, 1.82) is 0 Å². The molecule has 92 valence electrons. The van der Waals surface area contributed by atoms with E-state index in [-0.39, 0.29) is 0 Å². The van der Waals surface area contributed by atoms with Gasteiger partial charge in [0.1, 0.15) is 4.99 Å². The van der Waals surface area contributed by atoms with Crippen LogP contribution in [0.2, 0.25) is 0 Å². The van der Waals surface area contributed by atoms with Gasteiger partial charge in [0.2, 0.25) is 0 Å². The van der Waals surface area contributed by atoms with Crippen LogP contribution in [0.5, 0.6) is 0 Å². The Bertz CT molecular complexity index is 414. The Morgan fingerprint density at radius 1 is 1.59 bits per heavy atom. The number of ether oxygens (including phenoxy) is 1. The summed E-state index contributed by atoms with van der Waals surface area (Å²) in [7, 11) is 0. The van der Waals surface area contributed by atoms with Gasteiger partial charge in [-0.15, -0.1) is 0 Å². The smallest absolute Gasteiger partial charge is 0.106 e. The zero-order chi connectivity index (χ0) is 12.3. The molecule has 1 aliphatic heterocycles. The minimum atomic E-state index is 0.315. The van der Waals surface area contributed by atoms with Gasteiger partial charge in [0, 0.05) is 24.4 Å². The van der Waals surface area contributed by atoms with E-state index in [0.717, 1.165) is 37.2 Å². The molecule has 1 aliphatic rings. The average molecular weight is 250 g/mol. The third kappa shape index (κ3) is 3.17. The average Bonchev–Trinajstić information content (AvgIpc) is 2.78. The Morgan fingerprint density at radius 2 is 2.41 bits per heavy atom. The molecule has 3 N–H and O–H groups in total. The Hall–Kier alpha value is -1.13. The summed E-state index contributed by atoms with van der Waals surface area (Å²) in [5.41, 5.74) is 8.82. The Morgan fingerprint density at radius 3 is 3.06 bits per heavy atom. The Balaban J connectivity index is 2.07. The lowest BCUT2D eigenvalue weighted by Gasteiger charge is -2.15. The number of nitrogens with two attached hydrogens (primary N) is 1. The summed E-state index contributed by atoms with van der Waals surface area (Å²) in [5.74, 6) is 0. The first kappa shape index (κ1) is 12.3. The van der Waals surface area contributed by atoms with Crippen molar-refractivity contribution in [2.45, 2.75) is 25.9 Å². The predicted molar refractivity (Wildman–Crippen MR) is 74.5 cm³/mol. The zero-order valence-corrected chi connectivity index (χ0v) is 10.8. The van der Waals surface area contributed by atoms with Crippen molar-refractivity contribution in [3.63, 3.8) is 0 Å². The zero-order valence-electron chi connectivity index (χ0n) is 10.0. The van der Waals surface area contributed by atoms with Crippen molar-refractivity contribution in [2.24, 2.45) is 5.73 Å². The lowest BCUT2D eigenvalue weighted by molar-refractivity contribution is 0.120. The number of anilines is 1. The predicted octanol–water partition coefficient (Wildman–Crippen LogP) is 2.22. The lowest BCUT2D eigenvalue weighted by Crippen LogP contribution is -2.21. The van der Waals surface area contributed by atoms with Crippen LogP contribution in [0.3, 0.4) is 0 Å². The molecule has 0 aromatic heterocycles. The van der Waals surface area contributed by atoms with Crippen molar-refractivity contribution < 1.29 is 4.74 Å². The molecule has 0 spiro atoms. The molecule has 0 aliphatic carbocycles. The fourth-order valence-electron chi connectivity index (χ4n) is 2.05. The molecule has 1 aromatic carbocycles. The number of rotatable bonds is 4. The summed E-state index contributed by atoms with van der Waals surface area (Å²) in [6.45, 7) is 3.75. The van der Waals surface area contributed by atoms with Crippen LogP contribution in [0.4, 0.5) is 5.69 Å². The summed E-state index contributed by atoms with van der Waals surface area (Å²) in [6, 6.07) is 6.06. The summed E-state index contributed by atoms with van der Waals surface area (Å²) in [5, 5.41) is 3.38. The highest BCUT2D eigenvalue weighted by Gasteiger charge is 2.15. The highest BCUT2D eigenvalue weighted by Crippen LogP contribution is 2.19. The second-order valence-electron chi connectivity index (χ2n) is 4.43. The highest BCUT2D eigenvalue weighted by atomic mass is 32.1. The van der Waals surface area contributed by atoms with Gasteiger partial charge in [0.15, 0.2) is 0 Å². The quantitative estimate of drug-likeness (QED) is 0.804. The van der Waals surface area contributed by atoms with Crippen molar-refractivity contribution in [1.82, 2.24) is 0 Å². The first-order valence-corrected chi connectivity index (χ1v) is 6.33. The summed E-state index contributed by atoms with van der Waals surface area (Å²) in [4.78, 5) is 0.430. The van der Waals surface area contributed by atoms with Crippen LogP contribution < -0.4 is 11.1 Å². The lowest BCUT2D eigenvalue weighted by atomic mass is 10.1. The molecule has 4 heteroatoms. The number of benzene rings is 1. The first-order valence-electron chi connectivity index (χ1n) is 5.93. The van der Waals surface area contributed by atoms with Crippen LogP contribution in [0.25, 0.3) is 0 Å². The minimum Gasteiger partial charge on any atom is -0.389 e. The maximum Gasteiger partial charge on any atom is 0.106 e. The molecule has 17 heavy (non-hydrogen) atoms. The van der Waals surface area contributed by atoms with Gasteiger partial charge in [-0.25, -0.2) is 0 Å². The largest absolute Gasteiger partial charge is 0.389 e. The van der Waals surface area contributed by atoms with Gasteiger partial charge >= 0.3 is 0 Å². The van der Waals surface area contributed by atoms with Crippen LogP contribution in [-0.4, -0.2) is 24.2 Å². The van der Waals surface area contributed by atoms with Gasteiger partial charge in [-0.3, -0.25) is 0 Å². The van der Waals surface area contributed by atoms with E-state index in [0.29, 0.717) is 11.1 Å². The molecule has 1 saturated heterocycles. The fourth-order valence-corrected chi connectivity index (χ4v) is 2.23. The Kier molecular flexibility index (Phi) is 3.97. The number of nitrogens with one attached hydrogen (secondary N) is 1. The van der Waals surface area contributed by atoms with E-state index in [1.54, 1.807) is 0 Å². The molecule has 1 atom stereocenters. The number of hydrogen-bond donors (Lipinski definition) is 2. The van der Waals surface area contributed by atoms with E-state index in [1.807, 2.05) is 12.1 Å². The normalized spacial score (nSPS) is 19.2. The first-order chi connectivity index (χ1) is 8.16.